The maximum Gasteiger partial charge on any atom is 0.331 e. The molecule has 0 spiro atoms. The third kappa shape index (κ3) is 3.99. The molecule has 3 aliphatic heterocycles. The summed E-state index contributed by atoms with van der Waals surface area (Å²) in [6, 6.07) is 6.60. The highest BCUT2D eigenvalue weighted by Crippen LogP contribution is 2.43. The molecule has 5 unspecified atom stereocenters. The minimum absolute atomic E-state index is 0.0212. The molecule has 4 aliphatic rings. The van der Waals surface area contributed by atoms with E-state index in [2.05, 4.69) is 5.32 Å². The number of likely N-dealkylation sites (tertiary alicyclic amines) is 1. The standard InChI is InChI=1S/C25H33ClN4O4/c1-15(31)28-11-9-17(10-12-28)29-23-19-7-4-8-21(34-2)22(19)27-14-20(23)24(32)30(25(29)33)18-6-3-5-16(26)13-18/h3,5-6,13,17,19-23,27H,4,7-12,14H2,1-2H3. The molecule has 0 bridgehead atoms. The first-order chi connectivity index (χ1) is 16.4. The molecule has 1 aliphatic carbocycles. The molecule has 0 radical (unpaired) electrons. The average Bonchev–Trinajstić information content (AvgIpc) is 2.84. The van der Waals surface area contributed by atoms with Crippen LogP contribution in [0.3, 0.4) is 0 Å². The lowest BCUT2D eigenvalue weighted by Crippen LogP contribution is -2.74. The van der Waals surface area contributed by atoms with Gasteiger partial charge < -0.3 is 19.9 Å². The zero-order valence-electron chi connectivity index (χ0n) is 19.8. The van der Waals surface area contributed by atoms with Crippen LogP contribution in [0.2, 0.25) is 5.02 Å². The summed E-state index contributed by atoms with van der Waals surface area (Å²) in [5, 5.41) is 4.09. The van der Waals surface area contributed by atoms with Crippen molar-refractivity contribution >= 4 is 35.1 Å². The first-order valence-corrected chi connectivity index (χ1v) is 12.7. The third-order valence-corrected chi connectivity index (χ3v) is 8.49. The van der Waals surface area contributed by atoms with E-state index in [4.69, 9.17) is 16.3 Å². The van der Waals surface area contributed by atoms with Gasteiger partial charge in [-0.2, -0.15) is 0 Å². The van der Waals surface area contributed by atoms with Gasteiger partial charge in [-0.1, -0.05) is 24.1 Å². The van der Waals surface area contributed by atoms with Crippen LogP contribution in [0.15, 0.2) is 24.3 Å². The van der Waals surface area contributed by atoms with E-state index in [1.165, 1.54) is 4.90 Å². The Morgan fingerprint density at radius 3 is 2.59 bits per heavy atom. The summed E-state index contributed by atoms with van der Waals surface area (Å²) in [5.74, 6) is -0.286. The molecule has 4 amide bonds. The Hall–Kier alpha value is -2.16. The van der Waals surface area contributed by atoms with Crippen molar-refractivity contribution in [2.24, 2.45) is 11.8 Å². The quantitative estimate of drug-likeness (QED) is 0.707. The van der Waals surface area contributed by atoms with Gasteiger partial charge in [0.25, 0.3) is 0 Å². The minimum atomic E-state index is -0.334. The van der Waals surface area contributed by atoms with Crippen molar-refractivity contribution in [3.8, 4) is 0 Å². The highest BCUT2D eigenvalue weighted by molar-refractivity contribution is 6.31. The van der Waals surface area contributed by atoms with Crippen LogP contribution in [0, 0.1) is 11.8 Å². The van der Waals surface area contributed by atoms with Crippen molar-refractivity contribution in [1.82, 2.24) is 15.1 Å². The SMILES string of the molecule is COC1CCCC2C1NCC1C(=O)N(c3cccc(Cl)c3)C(=O)N(C3CCN(C(C)=O)CC3)C12. The van der Waals surface area contributed by atoms with Gasteiger partial charge in [-0.05, 0) is 49.8 Å². The predicted octanol–water partition coefficient (Wildman–Crippen LogP) is 2.89. The van der Waals surface area contributed by atoms with E-state index in [1.54, 1.807) is 38.3 Å². The second kappa shape index (κ2) is 9.47. The van der Waals surface area contributed by atoms with E-state index in [0.717, 1.165) is 19.3 Å². The molecule has 3 heterocycles. The largest absolute Gasteiger partial charge is 0.380 e. The number of methoxy groups -OCH3 is 1. The van der Waals surface area contributed by atoms with Crippen LogP contribution in [0.4, 0.5) is 10.5 Å². The summed E-state index contributed by atoms with van der Waals surface area (Å²) in [6.07, 6.45) is 4.46. The van der Waals surface area contributed by atoms with Gasteiger partial charge in [0, 0.05) is 50.8 Å². The summed E-state index contributed by atoms with van der Waals surface area (Å²) in [6.45, 7) is 3.35. The molecule has 8 nitrogen and oxygen atoms in total. The Balaban J connectivity index is 1.52. The topological polar surface area (TPSA) is 82.2 Å². The molecule has 5 atom stereocenters. The average molecular weight is 489 g/mol. The van der Waals surface area contributed by atoms with E-state index in [1.807, 2.05) is 9.80 Å². The van der Waals surface area contributed by atoms with Crippen LogP contribution in [-0.2, 0) is 14.3 Å². The Labute approximate surface area is 205 Å². The van der Waals surface area contributed by atoms with E-state index in [0.29, 0.717) is 43.2 Å². The number of amides is 4. The van der Waals surface area contributed by atoms with Gasteiger partial charge in [-0.25, -0.2) is 9.69 Å². The second-order valence-electron chi connectivity index (χ2n) is 9.98. The van der Waals surface area contributed by atoms with Crippen LogP contribution in [-0.4, -0.2) is 78.6 Å². The zero-order valence-corrected chi connectivity index (χ0v) is 20.5. The van der Waals surface area contributed by atoms with Gasteiger partial charge in [0.15, 0.2) is 0 Å². The molecular formula is C25H33ClN4O4. The number of fused-ring (bicyclic) bond motifs is 3. The smallest absolute Gasteiger partial charge is 0.331 e. The van der Waals surface area contributed by atoms with Crippen molar-refractivity contribution in [3.05, 3.63) is 29.3 Å². The van der Waals surface area contributed by atoms with Gasteiger partial charge in [0.1, 0.15) is 0 Å². The molecule has 5 rings (SSSR count). The molecule has 3 saturated heterocycles. The van der Waals surface area contributed by atoms with Crippen LogP contribution < -0.4 is 10.2 Å². The predicted molar refractivity (Wildman–Crippen MR) is 129 cm³/mol. The molecular weight excluding hydrogens is 456 g/mol. The molecule has 4 fully saturated rings. The number of nitrogens with zero attached hydrogens (tertiary/aromatic N) is 3. The van der Waals surface area contributed by atoms with Crippen LogP contribution in [0.25, 0.3) is 0 Å². The van der Waals surface area contributed by atoms with Gasteiger partial charge in [0.05, 0.1) is 23.8 Å². The van der Waals surface area contributed by atoms with Gasteiger partial charge >= 0.3 is 6.03 Å². The number of halogens is 1. The maximum absolute atomic E-state index is 14.1. The highest BCUT2D eigenvalue weighted by atomic mass is 35.5. The second-order valence-corrected chi connectivity index (χ2v) is 10.4. The van der Waals surface area contributed by atoms with Crippen molar-refractivity contribution < 1.29 is 19.1 Å². The number of nitrogens with one attached hydrogen (secondary N) is 1. The molecule has 1 aromatic rings. The lowest BCUT2D eigenvalue weighted by molar-refractivity contribution is -0.133. The van der Waals surface area contributed by atoms with Crippen molar-refractivity contribution in [2.75, 3.05) is 31.6 Å². The maximum atomic E-state index is 14.1. The first kappa shape index (κ1) is 23.6. The zero-order chi connectivity index (χ0) is 24.0. The van der Waals surface area contributed by atoms with Crippen molar-refractivity contribution in [3.63, 3.8) is 0 Å². The Kier molecular flexibility index (Phi) is 6.57. The van der Waals surface area contributed by atoms with E-state index < -0.39 is 0 Å². The number of rotatable bonds is 3. The fourth-order valence-electron chi connectivity index (χ4n) is 6.65. The molecule has 0 aromatic heterocycles. The molecule has 1 saturated carbocycles. The molecule has 184 valence electrons. The van der Waals surface area contributed by atoms with Crippen LogP contribution in [0.5, 0.6) is 0 Å². The lowest BCUT2D eigenvalue weighted by atomic mass is 9.69. The molecule has 34 heavy (non-hydrogen) atoms. The van der Waals surface area contributed by atoms with E-state index >= 15 is 0 Å². The van der Waals surface area contributed by atoms with E-state index in [-0.39, 0.29) is 53.9 Å². The number of benzene rings is 1. The molecule has 1 aromatic carbocycles. The normalized spacial score (nSPS) is 32.4. The summed E-state index contributed by atoms with van der Waals surface area (Å²) < 4.78 is 5.80. The van der Waals surface area contributed by atoms with Crippen molar-refractivity contribution in [1.29, 1.82) is 0 Å². The third-order valence-electron chi connectivity index (χ3n) is 8.26. The monoisotopic (exact) mass is 488 g/mol. The van der Waals surface area contributed by atoms with Crippen LogP contribution >= 0.6 is 11.6 Å². The van der Waals surface area contributed by atoms with Gasteiger partial charge in [0.2, 0.25) is 11.8 Å². The summed E-state index contributed by atoms with van der Waals surface area (Å²) in [7, 11) is 1.74. The van der Waals surface area contributed by atoms with Gasteiger partial charge in [-0.3, -0.25) is 9.59 Å². The van der Waals surface area contributed by atoms with Gasteiger partial charge in [-0.15, -0.1) is 0 Å². The number of hydrogen-bond acceptors (Lipinski definition) is 5. The molecule has 9 heteroatoms. The number of urea groups is 1. The van der Waals surface area contributed by atoms with Crippen LogP contribution in [0.1, 0.15) is 39.0 Å². The fourth-order valence-corrected chi connectivity index (χ4v) is 6.83. The summed E-state index contributed by atoms with van der Waals surface area (Å²) >= 11 is 6.22. The summed E-state index contributed by atoms with van der Waals surface area (Å²) in [4.78, 5) is 45.0. The number of carbonyl (C=O) groups is 3. The number of hydrogen-bond donors (Lipinski definition) is 1. The lowest BCUT2D eigenvalue weighted by Gasteiger charge is -2.57. The summed E-state index contributed by atoms with van der Waals surface area (Å²) in [5.41, 5.74) is 0.507. The Morgan fingerprint density at radius 1 is 1.15 bits per heavy atom. The number of imide groups is 1. The first-order valence-electron chi connectivity index (χ1n) is 12.3. The van der Waals surface area contributed by atoms with Crippen molar-refractivity contribution in [2.45, 2.75) is 63.3 Å². The number of anilines is 1. The Bertz CT molecular complexity index is 966. The molecule has 1 N–H and O–H groups in total. The fraction of sp³-hybridized carbons (Fsp3) is 0.640. The Morgan fingerprint density at radius 2 is 1.91 bits per heavy atom. The van der Waals surface area contributed by atoms with E-state index in [9.17, 15) is 14.4 Å². The number of carbonyl (C=O) groups excluding carboxylic acids is 3. The number of ether oxygens (including phenoxy) is 1. The highest BCUT2D eigenvalue weighted by Gasteiger charge is 2.56. The minimum Gasteiger partial charge on any atom is -0.380 e. The number of piperidine rings is 2.